The summed E-state index contributed by atoms with van der Waals surface area (Å²) in [5.74, 6) is -3.65. The van der Waals surface area contributed by atoms with Gasteiger partial charge in [0.15, 0.2) is 11.6 Å². The number of phenolic OH excluding ortho intramolecular Hbond substituents is 2. The van der Waals surface area contributed by atoms with Crippen LogP contribution in [0.4, 0.5) is 0 Å². The highest BCUT2D eigenvalue weighted by Gasteiger charge is 2.48. The molecular weight excluding hydrogens is 1080 g/mol. The first-order valence-electron chi connectivity index (χ1n) is 27.8. The quantitative estimate of drug-likeness (QED) is 0.0611. The van der Waals surface area contributed by atoms with Crippen LogP contribution in [0.15, 0.2) is 60.7 Å². The summed E-state index contributed by atoms with van der Waals surface area (Å²) in [7, 11) is 3.29. The number of amides is 6. The van der Waals surface area contributed by atoms with Crippen LogP contribution >= 0.6 is 24.8 Å². The Kier molecular flexibility index (Phi) is 23.5. The minimum absolute atomic E-state index is 0. The highest BCUT2D eigenvalue weighted by atomic mass is 35.5. The summed E-state index contributed by atoms with van der Waals surface area (Å²) in [6, 6.07) is 10.9. The molecule has 2 fully saturated rings. The fourth-order valence-electron chi connectivity index (χ4n) is 11.7. The highest BCUT2D eigenvalue weighted by molar-refractivity contribution is 6.02. The number of hydrogen-bond acceptors (Lipinski definition) is 12. The Labute approximate surface area is 490 Å². The molecule has 2 heterocycles. The van der Waals surface area contributed by atoms with Crippen molar-refractivity contribution in [3.63, 3.8) is 0 Å². The van der Waals surface area contributed by atoms with Crippen LogP contribution in [-0.2, 0) is 41.6 Å². The lowest BCUT2D eigenvalue weighted by Crippen LogP contribution is -2.59. The molecule has 0 aromatic heterocycles. The van der Waals surface area contributed by atoms with Gasteiger partial charge in [-0.25, -0.2) is 0 Å². The molecule has 0 radical (unpaired) electrons. The third kappa shape index (κ3) is 15.7. The average Bonchev–Trinajstić information content (AvgIpc) is 4.03. The molecule has 3 aromatic rings. The Morgan fingerprint density at radius 3 is 1.28 bits per heavy atom. The van der Waals surface area contributed by atoms with Crippen molar-refractivity contribution in [1.29, 1.82) is 0 Å². The van der Waals surface area contributed by atoms with E-state index in [-0.39, 0.29) is 117 Å². The van der Waals surface area contributed by atoms with E-state index >= 15 is 0 Å². The molecule has 3 aromatic carbocycles. The number of halogens is 2. The number of rotatable bonds is 18. The van der Waals surface area contributed by atoms with Gasteiger partial charge in [0.1, 0.15) is 35.7 Å². The summed E-state index contributed by atoms with van der Waals surface area (Å²) in [6.45, 7) is 14.5. The van der Waals surface area contributed by atoms with E-state index in [2.05, 4.69) is 31.9 Å². The van der Waals surface area contributed by atoms with Crippen molar-refractivity contribution in [2.75, 3.05) is 27.2 Å². The lowest BCUT2D eigenvalue weighted by molar-refractivity contribution is -0.144. The molecule has 0 bridgehead atoms. The number of nitrogens with zero attached hydrogens (tertiary/aromatic N) is 2. The zero-order chi connectivity index (χ0) is 57.0. The Bertz CT molecular complexity index is 2600. The molecule has 0 unspecified atom stereocenters. The van der Waals surface area contributed by atoms with Gasteiger partial charge in [-0.3, -0.25) is 38.4 Å². The fourth-order valence-corrected chi connectivity index (χ4v) is 11.7. The first-order valence-corrected chi connectivity index (χ1v) is 27.8. The highest BCUT2D eigenvalue weighted by Crippen LogP contribution is 2.39. The molecule has 18 nitrogen and oxygen atoms in total. The van der Waals surface area contributed by atoms with Crippen LogP contribution in [0.5, 0.6) is 11.5 Å². The molecule has 10 atom stereocenters. The minimum atomic E-state index is -1.01. The number of carbonyl (C=O) groups excluding carboxylic acids is 8. The van der Waals surface area contributed by atoms with E-state index in [9.17, 15) is 48.6 Å². The number of likely N-dealkylation sites (N-methyl/N-ethyl adjacent to an activating group) is 2. The lowest BCUT2D eigenvalue weighted by Gasteiger charge is -2.36. The van der Waals surface area contributed by atoms with Gasteiger partial charge in [0.2, 0.25) is 35.4 Å². The predicted molar refractivity (Wildman–Crippen MR) is 316 cm³/mol. The first-order chi connectivity index (χ1) is 36.8. The lowest BCUT2D eigenvalue weighted by atomic mass is 9.85. The summed E-state index contributed by atoms with van der Waals surface area (Å²) in [5.41, 5.74) is 2.20. The number of benzene rings is 3. The number of likely N-dealkylation sites (tertiary alicyclic amines) is 2. The molecule has 6 amide bonds. The first kappa shape index (κ1) is 67.4. The van der Waals surface area contributed by atoms with Gasteiger partial charge in [0.25, 0.3) is 0 Å². The molecule has 0 spiro atoms. The molecular formula is C61H88Cl2N8O10. The molecule has 2 saturated heterocycles. The van der Waals surface area contributed by atoms with Gasteiger partial charge < -0.3 is 51.9 Å². The molecule has 8 N–H and O–H groups in total. The number of phenols is 2. The second-order valence-corrected chi connectivity index (χ2v) is 24.3. The molecule has 0 saturated carbocycles. The summed E-state index contributed by atoms with van der Waals surface area (Å²) < 4.78 is 0. The Morgan fingerprint density at radius 1 is 0.580 bits per heavy atom. The number of ketones is 2. The van der Waals surface area contributed by atoms with E-state index < -0.39 is 94.6 Å². The van der Waals surface area contributed by atoms with Crippen molar-refractivity contribution in [2.45, 2.75) is 175 Å². The van der Waals surface area contributed by atoms with E-state index in [0.29, 0.717) is 25.7 Å². The molecule has 446 valence electrons. The van der Waals surface area contributed by atoms with Crippen molar-refractivity contribution in [3.8, 4) is 11.5 Å². The Balaban J connectivity index is 0.00000470. The largest absolute Gasteiger partial charge is 0.508 e. The van der Waals surface area contributed by atoms with Crippen LogP contribution in [0.3, 0.4) is 0 Å². The zero-order valence-electron chi connectivity index (χ0n) is 47.9. The molecule has 4 aliphatic rings. The van der Waals surface area contributed by atoms with Gasteiger partial charge in [-0.1, -0.05) is 91.4 Å². The van der Waals surface area contributed by atoms with E-state index in [4.69, 9.17) is 0 Å². The Morgan fingerprint density at radius 2 is 0.938 bits per heavy atom. The number of Topliss-reactive ketones (excluding diaryl/α,β-unsaturated/α-hetero) is 2. The summed E-state index contributed by atoms with van der Waals surface area (Å²) in [5, 5.41) is 39.2. The average molecular weight is 1160 g/mol. The maximum absolute atomic E-state index is 14.8. The standard InChI is InChI=1S/C60H82N8O10.CH4.2ClH/c1-33(61-9)53(73)65-51(59(3,4)5)57(77)67-31-35(26-45(67)55(75)63-43-22-12-20-41-39(43)18-14-24-47(41)69)28-49(71)37-16-11-17-38(30-37)50(72)29-36-27-46(56(76)64-44-23-13-21-42-40(44)19-15-25-48(42)70)68(32-36)58(78)52(60(6,7)8)66-54(74)34(2)62-10;;;/h11,14-19,24-25,30,33-36,43-46,51-52,61-62,69-70H,12-13,20-23,26-29,31-32H2,1-10H3,(H,63,75)(H,64,76)(H,65,73)(H,66,74);1H4;2*1H/t33-,34-,35+,36+,43+,44+,45-,46-,51+,52+;;;/m0.../s1. The van der Waals surface area contributed by atoms with Crippen molar-refractivity contribution in [2.24, 2.45) is 22.7 Å². The van der Waals surface area contributed by atoms with E-state index in [1.807, 2.05) is 53.7 Å². The number of fused-ring (bicyclic) bond motifs is 2. The third-order valence-corrected chi connectivity index (χ3v) is 16.5. The monoisotopic (exact) mass is 1160 g/mol. The second-order valence-electron chi connectivity index (χ2n) is 24.3. The van der Waals surface area contributed by atoms with E-state index in [1.165, 1.54) is 9.80 Å². The minimum Gasteiger partial charge on any atom is -0.508 e. The predicted octanol–water partition coefficient (Wildman–Crippen LogP) is 6.82. The number of hydrogen-bond donors (Lipinski definition) is 8. The maximum Gasteiger partial charge on any atom is 0.246 e. The number of carbonyl (C=O) groups is 8. The van der Waals surface area contributed by atoms with Crippen molar-refractivity contribution < 1.29 is 48.6 Å². The van der Waals surface area contributed by atoms with Gasteiger partial charge in [0, 0.05) is 37.1 Å². The van der Waals surface area contributed by atoms with E-state index in [1.54, 1.807) is 76.5 Å². The van der Waals surface area contributed by atoms with Crippen molar-refractivity contribution in [1.82, 2.24) is 41.7 Å². The normalized spacial score (nSPS) is 21.9. The zero-order valence-corrected chi connectivity index (χ0v) is 49.5. The second kappa shape index (κ2) is 28.3. The number of aromatic hydroxyl groups is 2. The fraction of sp³-hybridized carbons (Fsp3) is 0.574. The smallest absolute Gasteiger partial charge is 0.246 e. The van der Waals surface area contributed by atoms with Crippen LogP contribution in [0.25, 0.3) is 0 Å². The van der Waals surface area contributed by atoms with Crippen molar-refractivity contribution in [3.05, 3.63) is 94.0 Å². The third-order valence-electron chi connectivity index (χ3n) is 16.5. The van der Waals surface area contributed by atoms with Gasteiger partial charge >= 0.3 is 0 Å². The van der Waals surface area contributed by atoms with Gasteiger partial charge in [-0.15, -0.1) is 24.8 Å². The van der Waals surface area contributed by atoms with Crippen LogP contribution in [0.2, 0.25) is 0 Å². The molecule has 2 aliphatic heterocycles. The van der Waals surface area contributed by atoms with Crippen LogP contribution in [0, 0.1) is 22.7 Å². The molecule has 2 aliphatic carbocycles. The summed E-state index contributed by atoms with van der Waals surface area (Å²) >= 11 is 0. The topological polar surface area (TPSA) is 256 Å². The van der Waals surface area contributed by atoms with Gasteiger partial charge in [0.05, 0.1) is 24.2 Å². The van der Waals surface area contributed by atoms with Crippen LogP contribution in [-0.4, -0.2) is 130 Å². The van der Waals surface area contributed by atoms with Crippen LogP contribution in [0.1, 0.15) is 169 Å². The summed E-state index contributed by atoms with van der Waals surface area (Å²) in [4.78, 5) is 117. The van der Waals surface area contributed by atoms with E-state index in [0.717, 1.165) is 35.1 Å². The molecule has 81 heavy (non-hydrogen) atoms. The van der Waals surface area contributed by atoms with Gasteiger partial charge in [-0.05, 0) is 142 Å². The number of nitrogens with one attached hydrogen (secondary N) is 6. The summed E-state index contributed by atoms with van der Waals surface area (Å²) in [6.07, 6.45) is 4.29. The molecule has 7 rings (SSSR count). The SMILES string of the molecule is C.CN[C@@H](C)C(=O)N[C@H](C(=O)N1C[C@@H](CC(=O)c2cccc(C(=O)C[C@H]3C[C@@H](C(=O)N[C@@H]4CCCc5c(O)cccc54)N(C(=O)[C@@H](NC(=O)[C@H](C)NC)C(C)(C)C)C3)c2)C[C@H]1C(=O)N[C@@H]1CCCc2c(O)cccc21)C(C)(C)C.Cl.Cl. The van der Waals surface area contributed by atoms with Crippen molar-refractivity contribution >= 4 is 71.8 Å². The Hall–Kier alpha value is -6.08. The van der Waals surface area contributed by atoms with Crippen LogP contribution < -0.4 is 31.9 Å². The molecule has 20 heteroatoms. The maximum atomic E-state index is 14.8. The van der Waals surface area contributed by atoms with Gasteiger partial charge in [-0.2, -0.15) is 0 Å².